The molecule has 1 aliphatic carbocycles. The summed E-state index contributed by atoms with van der Waals surface area (Å²) in [7, 11) is 1.77. The maximum absolute atomic E-state index is 13.8. The highest BCUT2D eigenvalue weighted by Crippen LogP contribution is 2.49. The zero-order chi connectivity index (χ0) is 27.9. The highest BCUT2D eigenvalue weighted by molar-refractivity contribution is 9.10. The largest absolute Gasteiger partial charge is 0.387 e. The molecule has 1 saturated carbocycles. The molecule has 2 aliphatic heterocycles. The monoisotopic (exact) mass is 598 g/mol. The zero-order valence-corrected chi connectivity index (χ0v) is 24.2. The molecule has 2 N–H and O–H groups in total. The minimum Gasteiger partial charge on any atom is -0.387 e. The number of aromatic nitrogens is 1. The molecule has 1 spiro atoms. The Morgan fingerprint density at radius 2 is 1.79 bits per heavy atom. The molecule has 1 atom stereocenters. The second kappa shape index (κ2) is 10.4. The number of hydrogen-bond donors (Lipinski definition) is 2. The first-order valence-corrected chi connectivity index (χ1v) is 14.3. The van der Waals surface area contributed by atoms with E-state index < -0.39 is 10.3 Å². The summed E-state index contributed by atoms with van der Waals surface area (Å²) in [5, 5.41) is 18.5. The Balaban J connectivity index is 1.41. The van der Waals surface area contributed by atoms with Gasteiger partial charge in [-0.05, 0) is 43.2 Å². The first kappa shape index (κ1) is 27.4. The number of piperidine rings is 1. The van der Waals surface area contributed by atoms with Crippen LogP contribution in [-0.4, -0.2) is 70.8 Å². The van der Waals surface area contributed by atoms with E-state index in [1.807, 2.05) is 18.7 Å². The molecule has 0 radical (unpaired) electrons. The number of anilines is 2. The number of likely N-dealkylation sites (tertiary alicyclic amines) is 2. The lowest BCUT2D eigenvalue weighted by atomic mass is 9.63. The van der Waals surface area contributed by atoms with Crippen LogP contribution in [0, 0.1) is 20.9 Å². The summed E-state index contributed by atoms with van der Waals surface area (Å²) < 4.78 is 0.481. The highest BCUT2D eigenvalue weighted by atomic mass is 79.9. The van der Waals surface area contributed by atoms with Gasteiger partial charge in [0.15, 0.2) is 0 Å². The van der Waals surface area contributed by atoms with Crippen molar-refractivity contribution in [2.24, 2.45) is 10.8 Å². The van der Waals surface area contributed by atoms with Gasteiger partial charge in [-0.2, -0.15) is 0 Å². The topological polar surface area (TPSA) is 121 Å². The quantitative estimate of drug-likeness (QED) is 0.348. The first-order chi connectivity index (χ1) is 18.5. The number of carbonyl (C=O) groups excluding carboxylic acids is 2. The van der Waals surface area contributed by atoms with Crippen LogP contribution in [0.4, 0.5) is 17.1 Å². The van der Waals surface area contributed by atoms with Gasteiger partial charge in [0.1, 0.15) is 5.69 Å². The van der Waals surface area contributed by atoms with Crippen LogP contribution in [0.25, 0.3) is 0 Å². The molecule has 1 aromatic carbocycles. The van der Waals surface area contributed by atoms with Gasteiger partial charge in [0.05, 0.1) is 27.8 Å². The van der Waals surface area contributed by atoms with E-state index >= 15 is 0 Å². The average Bonchev–Trinajstić information content (AvgIpc) is 3.21. The van der Waals surface area contributed by atoms with Crippen molar-refractivity contribution in [2.75, 3.05) is 43.9 Å². The van der Waals surface area contributed by atoms with Crippen LogP contribution in [-0.2, 0) is 0 Å². The lowest BCUT2D eigenvalue weighted by Crippen LogP contribution is -2.46. The van der Waals surface area contributed by atoms with Gasteiger partial charge >= 0.3 is 0 Å². The second-order valence-corrected chi connectivity index (χ2v) is 12.7. The molecule has 2 aromatic rings. The van der Waals surface area contributed by atoms with Crippen LogP contribution in [0.5, 0.6) is 0 Å². The number of amides is 2. The van der Waals surface area contributed by atoms with Gasteiger partial charge < -0.3 is 20.4 Å². The van der Waals surface area contributed by atoms with Crippen molar-refractivity contribution >= 4 is 44.8 Å². The van der Waals surface area contributed by atoms with E-state index in [1.54, 1.807) is 36.5 Å². The number of rotatable bonds is 6. The van der Waals surface area contributed by atoms with E-state index in [4.69, 9.17) is 0 Å². The summed E-state index contributed by atoms with van der Waals surface area (Å²) in [6, 6.07) is 4.54. The molecule has 1 unspecified atom stereocenters. The minimum atomic E-state index is -0.455. The van der Waals surface area contributed by atoms with Crippen molar-refractivity contribution in [3.63, 3.8) is 0 Å². The summed E-state index contributed by atoms with van der Waals surface area (Å²) in [4.78, 5) is 46.5. The van der Waals surface area contributed by atoms with E-state index in [-0.39, 0.29) is 34.8 Å². The number of nitro benzene ring substituents is 1. The Hall–Kier alpha value is -3.21. The van der Waals surface area contributed by atoms with Crippen LogP contribution in [0.1, 0.15) is 66.7 Å². The maximum atomic E-state index is 13.8. The Bertz CT molecular complexity index is 1300. The molecule has 1 aromatic heterocycles. The molecule has 5 rings (SSSR count). The summed E-state index contributed by atoms with van der Waals surface area (Å²) in [6.45, 7) is 6.16. The normalized spacial score (nSPS) is 21.4. The van der Waals surface area contributed by atoms with E-state index in [9.17, 15) is 19.7 Å². The maximum Gasteiger partial charge on any atom is 0.294 e. The lowest BCUT2D eigenvalue weighted by molar-refractivity contribution is -0.384. The number of pyridine rings is 1. The molecule has 2 saturated heterocycles. The third-order valence-electron chi connectivity index (χ3n) is 8.86. The summed E-state index contributed by atoms with van der Waals surface area (Å²) in [6.07, 6.45) is 8.86. The number of halogens is 1. The summed E-state index contributed by atoms with van der Waals surface area (Å²) >= 11 is 3.38. The van der Waals surface area contributed by atoms with E-state index in [2.05, 4.69) is 31.5 Å². The van der Waals surface area contributed by atoms with Gasteiger partial charge in [0.2, 0.25) is 0 Å². The van der Waals surface area contributed by atoms with E-state index in [0.29, 0.717) is 41.6 Å². The fraction of sp³-hybridized carbons (Fsp3) is 0.536. The smallest absolute Gasteiger partial charge is 0.294 e. The van der Waals surface area contributed by atoms with E-state index in [1.165, 1.54) is 25.3 Å². The predicted octanol–water partition coefficient (Wildman–Crippen LogP) is 5.16. The van der Waals surface area contributed by atoms with Crippen molar-refractivity contribution in [2.45, 2.75) is 52.0 Å². The highest BCUT2D eigenvalue weighted by Gasteiger charge is 2.44. The third kappa shape index (κ3) is 5.33. The van der Waals surface area contributed by atoms with Gasteiger partial charge in [-0.1, -0.05) is 36.2 Å². The minimum absolute atomic E-state index is 0.156. The average molecular weight is 600 g/mol. The third-order valence-corrected chi connectivity index (χ3v) is 9.32. The SMILES string of the molecule is CNc1cncc(C(=O)N2CC(Nc3c(C(=O)N4CCC5(CCC5)CC4)cc(Br)cc3[N+](=O)[O-])C(C)(C)C2)c1. The Morgan fingerprint density at radius 3 is 2.41 bits per heavy atom. The molecule has 2 amide bonds. The molecule has 3 fully saturated rings. The number of nitrogens with zero attached hydrogens (tertiary/aromatic N) is 4. The molecular weight excluding hydrogens is 564 g/mol. The summed E-state index contributed by atoms with van der Waals surface area (Å²) in [5.41, 5.74) is 1.52. The molecule has 0 bridgehead atoms. The fourth-order valence-corrected chi connectivity index (χ4v) is 6.61. The zero-order valence-electron chi connectivity index (χ0n) is 22.6. The number of benzene rings is 1. The summed E-state index contributed by atoms with van der Waals surface area (Å²) in [5.74, 6) is -0.355. The molecule has 208 valence electrons. The molecule has 10 nitrogen and oxygen atoms in total. The molecule has 3 heterocycles. The molecular formula is C28H35BrN6O4. The number of hydrogen-bond acceptors (Lipinski definition) is 7. The van der Waals surface area contributed by atoms with Crippen molar-refractivity contribution < 1.29 is 14.5 Å². The van der Waals surface area contributed by atoms with Crippen LogP contribution in [0.3, 0.4) is 0 Å². The van der Waals surface area contributed by atoms with Crippen LogP contribution in [0.2, 0.25) is 0 Å². The van der Waals surface area contributed by atoms with Crippen LogP contribution >= 0.6 is 15.9 Å². The lowest BCUT2D eigenvalue weighted by Gasteiger charge is -2.48. The van der Waals surface area contributed by atoms with Crippen molar-refractivity contribution in [3.8, 4) is 0 Å². The Morgan fingerprint density at radius 1 is 1.08 bits per heavy atom. The van der Waals surface area contributed by atoms with Crippen LogP contribution in [0.15, 0.2) is 35.1 Å². The van der Waals surface area contributed by atoms with Gasteiger partial charge in [-0.15, -0.1) is 0 Å². The van der Waals surface area contributed by atoms with Crippen molar-refractivity contribution in [1.29, 1.82) is 0 Å². The Labute approximate surface area is 236 Å². The van der Waals surface area contributed by atoms with Crippen molar-refractivity contribution in [1.82, 2.24) is 14.8 Å². The Kier molecular flexibility index (Phi) is 7.30. The fourth-order valence-electron chi connectivity index (χ4n) is 6.17. The van der Waals surface area contributed by atoms with E-state index in [0.717, 1.165) is 18.5 Å². The number of nitrogens with one attached hydrogen (secondary N) is 2. The second-order valence-electron chi connectivity index (χ2n) is 11.8. The van der Waals surface area contributed by atoms with Crippen molar-refractivity contribution in [3.05, 3.63) is 56.3 Å². The van der Waals surface area contributed by atoms with Gasteiger partial charge in [-0.3, -0.25) is 24.7 Å². The van der Waals surface area contributed by atoms with Crippen LogP contribution < -0.4 is 10.6 Å². The first-order valence-electron chi connectivity index (χ1n) is 13.5. The van der Waals surface area contributed by atoms with Gasteiger partial charge in [-0.25, -0.2) is 0 Å². The molecule has 3 aliphatic rings. The number of nitro groups is 1. The molecule has 11 heteroatoms. The van der Waals surface area contributed by atoms with Gasteiger partial charge in [0.25, 0.3) is 17.5 Å². The van der Waals surface area contributed by atoms with Gasteiger partial charge in [0, 0.05) is 61.6 Å². The standard InChI is InChI=1S/C28H35BrN6O4/c1-27(2)17-34(25(36)18-11-20(30-3)15-31-14-18)16-23(27)32-24-21(12-19(29)13-22(24)35(38)39)26(37)33-9-7-28(8-10-33)5-4-6-28/h11-15,23,30,32H,4-10,16-17H2,1-3H3. The molecule has 39 heavy (non-hydrogen) atoms. The predicted molar refractivity (Wildman–Crippen MR) is 153 cm³/mol. The number of carbonyl (C=O) groups is 2.